The molecule has 1 aliphatic rings. The summed E-state index contributed by atoms with van der Waals surface area (Å²) in [6, 6.07) is 8.08. The van der Waals surface area contributed by atoms with Crippen LogP contribution in [-0.4, -0.2) is 38.3 Å². The van der Waals surface area contributed by atoms with Gasteiger partial charge in [0.15, 0.2) is 0 Å². The molecule has 3 nitrogen and oxygen atoms in total. The van der Waals surface area contributed by atoms with E-state index in [0.29, 0.717) is 6.61 Å². The SMILES string of the molecule is COc1cccc(COCCCCN2CCCCC2)c1. The van der Waals surface area contributed by atoms with Crippen LogP contribution < -0.4 is 4.74 Å². The second-order valence-corrected chi connectivity index (χ2v) is 5.51. The van der Waals surface area contributed by atoms with E-state index in [1.807, 2.05) is 18.2 Å². The Morgan fingerprint density at radius 2 is 1.95 bits per heavy atom. The van der Waals surface area contributed by atoms with E-state index < -0.39 is 0 Å². The summed E-state index contributed by atoms with van der Waals surface area (Å²) >= 11 is 0. The summed E-state index contributed by atoms with van der Waals surface area (Å²) in [6.07, 6.45) is 6.58. The molecule has 0 spiro atoms. The lowest BCUT2D eigenvalue weighted by molar-refractivity contribution is 0.113. The largest absolute Gasteiger partial charge is 0.497 e. The van der Waals surface area contributed by atoms with Crippen molar-refractivity contribution in [2.75, 3.05) is 33.4 Å². The number of nitrogens with zero attached hydrogens (tertiary/aromatic N) is 1. The van der Waals surface area contributed by atoms with Crippen LogP contribution in [0.3, 0.4) is 0 Å². The number of ether oxygens (including phenoxy) is 2. The first-order chi connectivity index (χ1) is 9.88. The fraction of sp³-hybridized carbons (Fsp3) is 0.647. The summed E-state index contributed by atoms with van der Waals surface area (Å²) in [4.78, 5) is 2.59. The van der Waals surface area contributed by atoms with Gasteiger partial charge in [-0.1, -0.05) is 18.6 Å². The summed E-state index contributed by atoms with van der Waals surface area (Å²) in [7, 11) is 1.70. The van der Waals surface area contributed by atoms with E-state index in [9.17, 15) is 0 Å². The van der Waals surface area contributed by atoms with Crippen molar-refractivity contribution in [2.24, 2.45) is 0 Å². The van der Waals surface area contributed by atoms with Crippen LogP contribution in [0.2, 0.25) is 0 Å². The van der Waals surface area contributed by atoms with Gasteiger partial charge in [-0.15, -0.1) is 0 Å². The van der Waals surface area contributed by atoms with Crippen molar-refractivity contribution in [3.63, 3.8) is 0 Å². The van der Waals surface area contributed by atoms with Crippen LogP contribution in [0.4, 0.5) is 0 Å². The molecular weight excluding hydrogens is 250 g/mol. The Bertz CT molecular complexity index is 375. The van der Waals surface area contributed by atoms with Gasteiger partial charge in [0.1, 0.15) is 5.75 Å². The highest BCUT2D eigenvalue weighted by Gasteiger charge is 2.08. The quantitative estimate of drug-likeness (QED) is 0.679. The van der Waals surface area contributed by atoms with Gasteiger partial charge in [-0.05, 0) is 63.0 Å². The molecule has 1 heterocycles. The predicted octanol–water partition coefficient (Wildman–Crippen LogP) is 3.48. The number of hydrogen-bond acceptors (Lipinski definition) is 3. The van der Waals surface area contributed by atoms with Crippen LogP contribution in [0.1, 0.15) is 37.7 Å². The zero-order chi connectivity index (χ0) is 14.0. The second-order valence-electron chi connectivity index (χ2n) is 5.51. The first-order valence-corrected chi connectivity index (χ1v) is 7.81. The molecule has 0 aromatic heterocycles. The van der Waals surface area contributed by atoms with E-state index in [0.717, 1.165) is 18.8 Å². The molecule has 1 aromatic rings. The Balaban J connectivity index is 1.52. The highest BCUT2D eigenvalue weighted by Crippen LogP contribution is 2.13. The van der Waals surface area contributed by atoms with Crippen molar-refractivity contribution < 1.29 is 9.47 Å². The molecule has 112 valence electrons. The standard InChI is InChI=1S/C17H27NO2/c1-19-17-9-7-8-16(14-17)15-20-13-6-5-12-18-10-3-2-4-11-18/h7-9,14H,2-6,10-13,15H2,1H3. The molecule has 0 radical (unpaired) electrons. The summed E-state index contributed by atoms with van der Waals surface area (Å²) < 4.78 is 10.9. The smallest absolute Gasteiger partial charge is 0.119 e. The lowest BCUT2D eigenvalue weighted by Gasteiger charge is -2.26. The number of piperidine rings is 1. The molecule has 0 amide bonds. The minimum Gasteiger partial charge on any atom is -0.497 e. The van der Waals surface area contributed by atoms with Gasteiger partial charge in [-0.3, -0.25) is 0 Å². The highest BCUT2D eigenvalue weighted by atomic mass is 16.5. The van der Waals surface area contributed by atoms with Crippen molar-refractivity contribution in [1.82, 2.24) is 4.90 Å². The third kappa shape index (κ3) is 5.51. The monoisotopic (exact) mass is 277 g/mol. The van der Waals surface area contributed by atoms with E-state index in [1.165, 1.54) is 50.9 Å². The van der Waals surface area contributed by atoms with Gasteiger partial charge in [-0.25, -0.2) is 0 Å². The number of methoxy groups -OCH3 is 1. The van der Waals surface area contributed by atoms with Gasteiger partial charge in [0.05, 0.1) is 13.7 Å². The Morgan fingerprint density at radius 3 is 2.75 bits per heavy atom. The van der Waals surface area contributed by atoms with Crippen molar-refractivity contribution in [1.29, 1.82) is 0 Å². The molecule has 0 saturated carbocycles. The third-order valence-corrected chi connectivity index (χ3v) is 3.86. The van der Waals surface area contributed by atoms with Gasteiger partial charge in [-0.2, -0.15) is 0 Å². The van der Waals surface area contributed by atoms with Gasteiger partial charge in [0, 0.05) is 6.61 Å². The summed E-state index contributed by atoms with van der Waals surface area (Å²) in [5.41, 5.74) is 1.18. The highest BCUT2D eigenvalue weighted by molar-refractivity contribution is 5.27. The van der Waals surface area contributed by atoms with Crippen LogP contribution in [0, 0.1) is 0 Å². The maximum Gasteiger partial charge on any atom is 0.119 e. The molecule has 0 N–H and O–H groups in total. The first-order valence-electron chi connectivity index (χ1n) is 7.81. The summed E-state index contributed by atoms with van der Waals surface area (Å²) in [5, 5.41) is 0. The van der Waals surface area contributed by atoms with Crippen molar-refractivity contribution in [3.05, 3.63) is 29.8 Å². The molecule has 1 aliphatic heterocycles. The maximum atomic E-state index is 5.73. The van der Waals surface area contributed by atoms with Gasteiger partial charge in [0.25, 0.3) is 0 Å². The van der Waals surface area contributed by atoms with Crippen LogP contribution in [-0.2, 0) is 11.3 Å². The zero-order valence-corrected chi connectivity index (χ0v) is 12.6. The molecule has 0 aliphatic carbocycles. The molecule has 0 bridgehead atoms. The molecule has 1 fully saturated rings. The van der Waals surface area contributed by atoms with E-state index in [1.54, 1.807) is 7.11 Å². The summed E-state index contributed by atoms with van der Waals surface area (Å²) in [5.74, 6) is 0.899. The molecule has 20 heavy (non-hydrogen) atoms. The molecule has 0 atom stereocenters. The number of rotatable bonds is 8. The minimum atomic E-state index is 0.681. The number of benzene rings is 1. The van der Waals surface area contributed by atoms with Crippen molar-refractivity contribution in [2.45, 2.75) is 38.7 Å². The number of likely N-dealkylation sites (tertiary alicyclic amines) is 1. The van der Waals surface area contributed by atoms with Crippen LogP contribution in [0.25, 0.3) is 0 Å². The average molecular weight is 277 g/mol. The molecule has 3 heteroatoms. The third-order valence-electron chi connectivity index (χ3n) is 3.86. The lowest BCUT2D eigenvalue weighted by atomic mass is 10.1. The Labute approximate surface area is 122 Å². The van der Waals surface area contributed by atoms with Crippen molar-refractivity contribution in [3.8, 4) is 5.75 Å². The summed E-state index contributed by atoms with van der Waals surface area (Å²) in [6.45, 7) is 5.36. The Kier molecular flexibility index (Phi) is 6.89. The minimum absolute atomic E-state index is 0.681. The van der Waals surface area contributed by atoms with Gasteiger partial charge in [0.2, 0.25) is 0 Å². The molecule has 2 rings (SSSR count). The Morgan fingerprint density at radius 1 is 1.10 bits per heavy atom. The zero-order valence-electron chi connectivity index (χ0n) is 12.6. The number of hydrogen-bond donors (Lipinski definition) is 0. The van der Waals surface area contributed by atoms with Crippen LogP contribution >= 0.6 is 0 Å². The first kappa shape index (κ1) is 15.3. The molecule has 0 unspecified atom stereocenters. The Hall–Kier alpha value is -1.06. The normalized spacial score (nSPS) is 16.2. The van der Waals surface area contributed by atoms with E-state index in [2.05, 4.69) is 11.0 Å². The van der Waals surface area contributed by atoms with Crippen molar-refractivity contribution >= 4 is 0 Å². The van der Waals surface area contributed by atoms with E-state index >= 15 is 0 Å². The predicted molar refractivity (Wildman–Crippen MR) is 82.2 cm³/mol. The molecule has 1 saturated heterocycles. The fourth-order valence-electron chi connectivity index (χ4n) is 2.67. The van der Waals surface area contributed by atoms with E-state index in [4.69, 9.17) is 9.47 Å². The van der Waals surface area contributed by atoms with Crippen LogP contribution in [0.15, 0.2) is 24.3 Å². The van der Waals surface area contributed by atoms with Gasteiger partial charge < -0.3 is 14.4 Å². The second kappa shape index (κ2) is 8.98. The molecule has 1 aromatic carbocycles. The average Bonchev–Trinajstić information content (AvgIpc) is 2.52. The fourth-order valence-corrected chi connectivity index (χ4v) is 2.67. The van der Waals surface area contributed by atoms with E-state index in [-0.39, 0.29) is 0 Å². The maximum absolute atomic E-state index is 5.73. The van der Waals surface area contributed by atoms with Crippen LogP contribution in [0.5, 0.6) is 5.75 Å². The topological polar surface area (TPSA) is 21.7 Å². The molecular formula is C17H27NO2. The number of unbranched alkanes of at least 4 members (excludes halogenated alkanes) is 1. The van der Waals surface area contributed by atoms with Gasteiger partial charge >= 0.3 is 0 Å². The lowest BCUT2D eigenvalue weighted by Crippen LogP contribution is -2.30.